The number of carbonyl (C=O) groups excluding carboxylic acids is 1. The van der Waals surface area contributed by atoms with Crippen LogP contribution in [0.4, 0.5) is 23.4 Å². The van der Waals surface area contributed by atoms with Gasteiger partial charge in [0.15, 0.2) is 0 Å². The Morgan fingerprint density at radius 2 is 1.81 bits per heavy atom. The molecule has 37 heavy (non-hydrogen) atoms. The largest absolute Gasteiger partial charge is 0.355 e. The van der Waals surface area contributed by atoms with Crippen LogP contribution < -0.4 is 15.1 Å². The lowest BCUT2D eigenvalue weighted by molar-refractivity contribution is -0.130. The van der Waals surface area contributed by atoms with Crippen molar-refractivity contribution in [2.45, 2.75) is 52.0 Å². The molecule has 1 amide bonds. The Hall–Kier alpha value is -3.87. The molecular formula is C27H35N9O. The fraction of sp³-hybridized carbons (Fsp3) is 0.519. The quantitative estimate of drug-likeness (QED) is 0.491. The third-order valence-corrected chi connectivity index (χ3v) is 6.97. The molecular weight excluding hydrogens is 466 g/mol. The third kappa shape index (κ3) is 5.61. The molecule has 0 radical (unpaired) electrons. The molecule has 0 bridgehead atoms. The highest BCUT2D eigenvalue weighted by atomic mass is 16.2. The van der Waals surface area contributed by atoms with Crippen LogP contribution >= 0.6 is 0 Å². The molecule has 0 saturated carbocycles. The molecule has 194 valence electrons. The lowest BCUT2D eigenvalue weighted by atomic mass is 10.2. The minimum absolute atomic E-state index is 0.129. The first kappa shape index (κ1) is 24.8. The van der Waals surface area contributed by atoms with E-state index in [0.717, 1.165) is 74.7 Å². The number of carbonyl (C=O) groups is 1. The van der Waals surface area contributed by atoms with Crippen LogP contribution in [0, 0.1) is 12.3 Å². The van der Waals surface area contributed by atoms with Crippen molar-refractivity contribution in [3.8, 4) is 12.3 Å². The van der Waals surface area contributed by atoms with Crippen molar-refractivity contribution in [2.24, 2.45) is 0 Å². The van der Waals surface area contributed by atoms with Gasteiger partial charge in [0, 0.05) is 81.9 Å². The zero-order valence-electron chi connectivity index (χ0n) is 21.7. The zero-order chi connectivity index (χ0) is 25.8. The molecule has 0 aromatic carbocycles. The molecule has 5 rings (SSSR count). The Labute approximate surface area is 218 Å². The number of aromatic nitrogens is 5. The lowest BCUT2D eigenvalue weighted by Crippen LogP contribution is -2.35. The van der Waals surface area contributed by atoms with Gasteiger partial charge in [0.05, 0.1) is 11.7 Å². The van der Waals surface area contributed by atoms with Gasteiger partial charge < -0.3 is 20.0 Å². The van der Waals surface area contributed by atoms with E-state index in [-0.39, 0.29) is 11.9 Å². The van der Waals surface area contributed by atoms with Crippen LogP contribution in [0.5, 0.6) is 0 Å². The van der Waals surface area contributed by atoms with Crippen molar-refractivity contribution in [3.05, 3.63) is 24.5 Å². The number of terminal acetylenes is 1. The maximum Gasteiger partial charge on any atom is 0.229 e. The second-order valence-electron chi connectivity index (χ2n) is 9.97. The number of hydrogen-bond acceptors (Lipinski definition) is 8. The highest BCUT2D eigenvalue weighted by Crippen LogP contribution is 2.27. The van der Waals surface area contributed by atoms with Crippen molar-refractivity contribution in [1.82, 2.24) is 29.6 Å². The Morgan fingerprint density at radius 3 is 2.59 bits per heavy atom. The molecule has 2 fully saturated rings. The Morgan fingerprint density at radius 1 is 1.00 bits per heavy atom. The molecule has 0 unspecified atom stereocenters. The van der Waals surface area contributed by atoms with Crippen LogP contribution in [0.3, 0.4) is 0 Å². The molecule has 0 atom stereocenters. The summed E-state index contributed by atoms with van der Waals surface area (Å²) in [5, 5.41) is 8.93. The first-order valence-corrected chi connectivity index (χ1v) is 13.2. The smallest absolute Gasteiger partial charge is 0.229 e. The molecule has 0 aliphatic carbocycles. The van der Waals surface area contributed by atoms with Crippen LogP contribution in [0.15, 0.2) is 24.5 Å². The summed E-state index contributed by atoms with van der Waals surface area (Å²) in [5.74, 6) is 5.72. The topological polar surface area (TPSA) is 95.3 Å². The predicted molar refractivity (Wildman–Crippen MR) is 146 cm³/mol. The van der Waals surface area contributed by atoms with E-state index < -0.39 is 0 Å². The minimum Gasteiger partial charge on any atom is -0.355 e. The van der Waals surface area contributed by atoms with Crippen LogP contribution in [-0.4, -0.2) is 74.8 Å². The average Bonchev–Trinajstić information content (AvgIpc) is 3.52. The molecule has 3 aromatic rings. The van der Waals surface area contributed by atoms with Gasteiger partial charge in [-0.2, -0.15) is 15.1 Å². The molecule has 2 aliphatic heterocycles. The molecule has 5 heterocycles. The summed E-state index contributed by atoms with van der Waals surface area (Å²) < 4.78 is 2.00. The van der Waals surface area contributed by atoms with Crippen molar-refractivity contribution < 1.29 is 4.79 Å². The van der Waals surface area contributed by atoms with E-state index in [9.17, 15) is 4.79 Å². The Kier molecular flexibility index (Phi) is 7.40. The molecule has 3 aromatic heterocycles. The van der Waals surface area contributed by atoms with Gasteiger partial charge in [-0.15, -0.1) is 12.3 Å². The summed E-state index contributed by atoms with van der Waals surface area (Å²) in [6, 6.07) is 4.26. The maximum absolute atomic E-state index is 12.5. The molecule has 0 spiro atoms. The first-order valence-electron chi connectivity index (χ1n) is 13.2. The summed E-state index contributed by atoms with van der Waals surface area (Å²) in [6.45, 7) is 9.08. The molecule has 2 aliphatic rings. The number of nitrogens with zero attached hydrogens (tertiary/aromatic N) is 8. The fourth-order valence-electron chi connectivity index (χ4n) is 4.99. The van der Waals surface area contributed by atoms with Gasteiger partial charge in [-0.1, -0.05) is 0 Å². The van der Waals surface area contributed by atoms with Crippen LogP contribution in [-0.2, 0) is 4.79 Å². The van der Waals surface area contributed by atoms with Crippen LogP contribution in [0.2, 0.25) is 0 Å². The highest BCUT2D eigenvalue weighted by molar-refractivity contribution is 5.81. The van der Waals surface area contributed by atoms with Crippen molar-refractivity contribution in [3.63, 3.8) is 0 Å². The first-order chi connectivity index (χ1) is 18.0. The summed E-state index contributed by atoms with van der Waals surface area (Å²) >= 11 is 0. The molecule has 1 N–H and O–H groups in total. The molecule has 2 saturated heterocycles. The monoisotopic (exact) mass is 501 g/mol. The predicted octanol–water partition coefficient (Wildman–Crippen LogP) is 3.60. The van der Waals surface area contributed by atoms with Gasteiger partial charge in [-0.05, 0) is 33.1 Å². The number of fused-ring (bicyclic) bond motifs is 1. The summed E-state index contributed by atoms with van der Waals surface area (Å²) in [4.78, 5) is 33.4. The maximum atomic E-state index is 12.5. The van der Waals surface area contributed by atoms with Crippen molar-refractivity contribution >= 4 is 40.2 Å². The summed E-state index contributed by atoms with van der Waals surface area (Å²) in [7, 11) is 0. The van der Waals surface area contributed by atoms with Crippen molar-refractivity contribution in [2.75, 3.05) is 54.4 Å². The van der Waals surface area contributed by atoms with E-state index in [1.807, 2.05) is 34.1 Å². The number of rotatable bonds is 7. The molecule has 10 heteroatoms. The highest BCUT2D eigenvalue weighted by Gasteiger charge is 2.23. The van der Waals surface area contributed by atoms with Gasteiger partial charge in [0.25, 0.3) is 0 Å². The molecule has 10 nitrogen and oxygen atoms in total. The number of nitrogens with one attached hydrogen (secondary N) is 1. The second-order valence-corrected chi connectivity index (χ2v) is 9.97. The lowest BCUT2D eigenvalue weighted by Gasteiger charge is -2.25. The number of amides is 1. The minimum atomic E-state index is 0.129. The summed E-state index contributed by atoms with van der Waals surface area (Å²) in [6.07, 6.45) is 13.1. The fourth-order valence-corrected chi connectivity index (χ4v) is 4.99. The van der Waals surface area contributed by atoms with Gasteiger partial charge in [0.2, 0.25) is 11.9 Å². The Balaban J connectivity index is 1.40. The van der Waals surface area contributed by atoms with Gasteiger partial charge in [0.1, 0.15) is 17.5 Å². The number of pyridine rings is 1. The van der Waals surface area contributed by atoms with Crippen LogP contribution in [0.1, 0.15) is 52.0 Å². The van der Waals surface area contributed by atoms with E-state index in [1.54, 1.807) is 0 Å². The van der Waals surface area contributed by atoms with E-state index in [0.29, 0.717) is 31.0 Å². The zero-order valence-corrected chi connectivity index (χ0v) is 21.7. The normalized spacial score (nSPS) is 16.3. The van der Waals surface area contributed by atoms with E-state index >= 15 is 0 Å². The van der Waals surface area contributed by atoms with E-state index in [4.69, 9.17) is 16.4 Å². The standard InChI is InChI=1S/C27H35N9O/c1-4-5-9-26(37)34-13-8-12-33(14-15-34)25-17-24(31-27(32-25)35-10-6-7-11-35)30-23-16-22-21(18-28-23)19-29-36(22)20(2)3/h1,16-20H,5-15H2,2-3H3,(H,28,30,31,32). The van der Waals surface area contributed by atoms with Crippen LogP contribution in [0.25, 0.3) is 10.9 Å². The number of anilines is 4. The van der Waals surface area contributed by atoms with E-state index in [2.05, 4.69) is 45.0 Å². The third-order valence-electron chi connectivity index (χ3n) is 6.97. The van der Waals surface area contributed by atoms with Gasteiger partial charge >= 0.3 is 0 Å². The van der Waals surface area contributed by atoms with Gasteiger partial charge in [-0.25, -0.2) is 4.98 Å². The van der Waals surface area contributed by atoms with Gasteiger partial charge in [-0.3, -0.25) is 9.48 Å². The summed E-state index contributed by atoms with van der Waals surface area (Å²) in [5.41, 5.74) is 1.03. The average molecular weight is 502 g/mol. The SMILES string of the molecule is C#CCCC(=O)N1CCCN(c2cc(Nc3cc4c(cn3)cnn4C(C)C)nc(N3CCCC3)n2)CC1. The van der Waals surface area contributed by atoms with E-state index in [1.165, 1.54) is 0 Å². The number of hydrogen-bond donors (Lipinski definition) is 1. The second kappa shape index (κ2) is 11.0. The Bertz CT molecular complexity index is 1290. The van der Waals surface area contributed by atoms with Crippen molar-refractivity contribution in [1.29, 1.82) is 0 Å².